The number of halogens is 1. The molecule has 3 rings (SSSR count). The maximum absolute atomic E-state index is 13.8. The molecule has 24 heavy (non-hydrogen) atoms. The van der Waals surface area contributed by atoms with Gasteiger partial charge in [0.2, 0.25) is 0 Å². The second-order valence-corrected chi connectivity index (χ2v) is 6.28. The van der Waals surface area contributed by atoms with Crippen molar-refractivity contribution in [1.29, 1.82) is 0 Å². The fourth-order valence-corrected chi connectivity index (χ4v) is 3.57. The highest BCUT2D eigenvalue weighted by molar-refractivity contribution is 7.16. The predicted molar refractivity (Wildman–Crippen MR) is 93.0 cm³/mol. The van der Waals surface area contributed by atoms with Gasteiger partial charge in [-0.2, -0.15) is 4.99 Å². The minimum Gasteiger partial charge on any atom is -0.497 e. The predicted octanol–water partition coefficient (Wildman–Crippen LogP) is 4.00. The van der Waals surface area contributed by atoms with Gasteiger partial charge in [0.25, 0.3) is 5.91 Å². The van der Waals surface area contributed by atoms with Crippen LogP contribution in [0, 0.1) is 5.82 Å². The number of amides is 1. The van der Waals surface area contributed by atoms with Crippen LogP contribution in [0.5, 0.6) is 5.75 Å². The summed E-state index contributed by atoms with van der Waals surface area (Å²) in [6, 6.07) is 11.6. The monoisotopic (exact) mass is 344 g/mol. The first kappa shape index (κ1) is 16.4. The van der Waals surface area contributed by atoms with E-state index in [1.165, 1.54) is 23.5 Å². The number of methoxy groups -OCH3 is 1. The van der Waals surface area contributed by atoms with Crippen molar-refractivity contribution in [2.45, 2.75) is 19.9 Å². The van der Waals surface area contributed by atoms with Crippen LogP contribution in [0.25, 0.3) is 10.2 Å². The number of thiazole rings is 1. The zero-order valence-electron chi connectivity index (χ0n) is 13.5. The molecule has 0 fully saturated rings. The molecule has 0 radical (unpaired) electrons. The quantitative estimate of drug-likeness (QED) is 0.718. The van der Waals surface area contributed by atoms with Gasteiger partial charge in [0.1, 0.15) is 11.6 Å². The van der Waals surface area contributed by atoms with E-state index < -0.39 is 11.7 Å². The average Bonchev–Trinajstić information content (AvgIpc) is 2.92. The highest BCUT2D eigenvalue weighted by Crippen LogP contribution is 2.23. The van der Waals surface area contributed by atoms with Crippen LogP contribution >= 0.6 is 11.3 Å². The lowest BCUT2D eigenvalue weighted by Crippen LogP contribution is -2.17. The number of hydrogen-bond donors (Lipinski definition) is 0. The van der Waals surface area contributed by atoms with Gasteiger partial charge in [-0.3, -0.25) is 4.79 Å². The number of aromatic nitrogens is 1. The van der Waals surface area contributed by atoms with E-state index in [-0.39, 0.29) is 5.56 Å². The maximum Gasteiger partial charge on any atom is 0.282 e. The van der Waals surface area contributed by atoms with Gasteiger partial charge in [0.15, 0.2) is 4.80 Å². The highest BCUT2D eigenvalue weighted by Gasteiger charge is 2.12. The topological polar surface area (TPSA) is 43.6 Å². The minimum absolute atomic E-state index is 0.0180. The first-order chi connectivity index (χ1) is 11.6. The van der Waals surface area contributed by atoms with Crippen molar-refractivity contribution in [2.75, 3.05) is 7.11 Å². The van der Waals surface area contributed by atoms with Crippen LogP contribution in [-0.4, -0.2) is 17.6 Å². The smallest absolute Gasteiger partial charge is 0.282 e. The lowest BCUT2D eigenvalue weighted by atomic mass is 10.2. The van der Waals surface area contributed by atoms with Crippen LogP contribution in [-0.2, 0) is 6.54 Å². The van der Waals surface area contributed by atoms with Crippen molar-refractivity contribution in [2.24, 2.45) is 4.99 Å². The van der Waals surface area contributed by atoms with Crippen LogP contribution in [0.2, 0.25) is 0 Å². The Morgan fingerprint density at radius 3 is 2.79 bits per heavy atom. The average molecular weight is 344 g/mol. The van der Waals surface area contributed by atoms with Gasteiger partial charge >= 0.3 is 0 Å². The van der Waals surface area contributed by atoms with Crippen LogP contribution in [0.3, 0.4) is 0 Å². The van der Waals surface area contributed by atoms with Gasteiger partial charge in [-0.15, -0.1) is 0 Å². The summed E-state index contributed by atoms with van der Waals surface area (Å²) in [6.45, 7) is 2.79. The van der Waals surface area contributed by atoms with Gasteiger partial charge in [0, 0.05) is 6.54 Å². The van der Waals surface area contributed by atoms with Gasteiger partial charge in [-0.25, -0.2) is 4.39 Å². The number of nitrogens with zero attached hydrogens (tertiary/aromatic N) is 2. The second kappa shape index (κ2) is 6.97. The number of aryl methyl sites for hydroxylation is 1. The lowest BCUT2D eigenvalue weighted by Gasteiger charge is -2.03. The molecule has 0 saturated carbocycles. The first-order valence-electron chi connectivity index (χ1n) is 7.65. The number of carbonyl (C=O) groups excluding carboxylic acids is 1. The fourth-order valence-electron chi connectivity index (χ4n) is 2.49. The number of fused-ring (bicyclic) bond motifs is 1. The Bertz CT molecular complexity index is 959. The van der Waals surface area contributed by atoms with E-state index >= 15 is 0 Å². The summed E-state index contributed by atoms with van der Waals surface area (Å²) in [7, 11) is 1.61. The van der Waals surface area contributed by atoms with Crippen LogP contribution < -0.4 is 9.54 Å². The molecule has 0 aliphatic rings. The number of carbonyl (C=O) groups is 1. The van der Waals surface area contributed by atoms with E-state index in [4.69, 9.17) is 4.74 Å². The molecule has 4 nitrogen and oxygen atoms in total. The molecule has 0 atom stereocenters. The van der Waals surface area contributed by atoms with Gasteiger partial charge < -0.3 is 9.30 Å². The molecule has 1 amide bonds. The van der Waals surface area contributed by atoms with E-state index in [0.717, 1.165) is 28.9 Å². The number of ether oxygens (including phenoxy) is 1. The molecule has 124 valence electrons. The Hall–Kier alpha value is -2.47. The van der Waals surface area contributed by atoms with Gasteiger partial charge in [-0.1, -0.05) is 30.4 Å². The third-order valence-corrected chi connectivity index (χ3v) is 4.68. The third-order valence-electron chi connectivity index (χ3n) is 3.64. The Kier molecular flexibility index (Phi) is 4.76. The zero-order valence-corrected chi connectivity index (χ0v) is 14.3. The molecule has 0 aliphatic heterocycles. The van der Waals surface area contributed by atoms with Crippen LogP contribution in [0.4, 0.5) is 4.39 Å². The van der Waals surface area contributed by atoms with Crippen molar-refractivity contribution in [1.82, 2.24) is 4.57 Å². The normalized spacial score (nSPS) is 11.9. The molecule has 0 spiro atoms. The maximum atomic E-state index is 13.8. The van der Waals surface area contributed by atoms with Crippen LogP contribution in [0.15, 0.2) is 47.5 Å². The Morgan fingerprint density at radius 1 is 1.29 bits per heavy atom. The molecule has 0 bridgehead atoms. The van der Waals surface area contributed by atoms with Crippen molar-refractivity contribution in [3.8, 4) is 5.75 Å². The summed E-state index contributed by atoms with van der Waals surface area (Å²) in [4.78, 5) is 17.1. The van der Waals surface area contributed by atoms with Gasteiger partial charge in [0.05, 0.1) is 22.9 Å². The van der Waals surface area contributed by atoms with E-state index in [1.54, 1.807) is 19.2 Å². The molecule has 6 heteroatoms. The van der Waals surface area contributed by atoms with Gasteiger partial charge in [-0.05, 0) is 36.8 Å². The largest absolute Gasteiger partial charge is 0.497 e. The highest BCUT2D eigenvalue weighted by atomic mass is 32.1. The summed E-state index contributed by atoms with van der Waals surface area (Å²) in [5.74, 6) is -0.382. The summed E-state index contributed by atoms with van der Waals surface area (Å²) in [5, 5.41) is 0. The summed E-state index contributed by atoms with van der Waals surface area (Å²) in [5.41, 5.74) is 0.971. The van der Waals surface area contributed by atoms with Crippen molar-refractivity contribution < 1.29 is 13.9 Å². The number of hydrogen-bond acceptors (Lipinski definition) is 3. The first-order valence-corrected chi connectivity index (χ1v) is 8.46. The molecular formula is C18H17FN2O2S. The van der Waals surface area contributed by atoms with Crippen molar-refractivity contribution in [3.63, 3.8) is 0 Å². The lowest BCUT2D eigenvalue weighted by molar-refractivity contribution is 0.0994. The summed E-state index contributed by atoms with van der Waals surface area (Å²) >= 11 is 1.40. The van der Waals surface area contributed by atoms with E-state index in [0.29, 0.717) is 4.80 Å². The summed E-state index contributed by atoms with van der Waals surface area (Å²) < 4.78 is 22.0. The second-order valence-electron chi connectivity index (χ2n) is 5.27. The Balaban J connectivity index is 2.15. The Labute approximate surface area is 142 Å². The molecule has 0 aliphatic carbocycles. The minimum atomic E-state index is -0.573. The van der Waals surface area contributed by atoms with E-state index in [2.05, 4.69) is 11.9 Å². The molecule has 0 saturated heterocycles. The third kappa shape index (κ3) is 3.10. The van der Waals surface area contributed by atoms with E-state index in [1.807, 2.05) is 22.8 Å². The molecular weight excluding hydrogens is 327 g/mol. The zero-order chi connectivity index (χ0) is 17.1. The number of rotatable bonds is 4. The summed E-state index contributed by atoms with van der Waals surface area (Å²) in [6.07, 6.45) is 0.902. The molecule has 1 aromatic heterocycles. The molecule has 0 unspecified atom stereocenters. The van der Waals surface area contributed by atoms with Crippen molar-refractivity contribution in [3.05, 3.63) is 58.6 Å². The molecule has 2 aromatic carbocycles. The van der Waals surface area contributed by atoms with Crippen molar-refractivity contribution >= 4 is 27.5 Å². The standard InChI is InChI=1S/C18H17FN2O2S/c1-3-10-21-15-9-8-12(23-2)11-16(15)24-18(21)20-17(22)13-6-4-5-7-14(13)19/h4-9,11H,3,10H2,1-2H3. The SMILES string of the molecule is CCCn1c(=NC(=O)c2ccccc2F)sc2cc(OC)ccc21. The fraction of sp³-hybridized carbons (Fsp3) is 0.222. The molecule has 1 heterocycles. The number of benzene rings is 2. The van der Waals surface area contributed by atoms with E-state index in [9.17, 15) is 9.18 Å². The Morgan fingerprint density at radius 2 is 2.08 bits per heavy atom. The molecule has 0 N–H and O–H groups in total. The molecule has 3 aromatic rings. The van der Waals surface area contributed by atoms with Crippen LogP contribution in [0.1, 0.15) is 23.7 Å².